The summed E-state index contributed by atoms with van der Waals surface area (Å²) >= 11 is 0. The molecule has 3 nitrogen and oxygen atoms in total. The Morgan fingerprint density at radius 2 is 1.87 bits per heavy atom. The van der Waals surface area contributed by atoms with Crippen LogP contribution in [0.3, 0.4) is 0 Å². The number of hydrogen-bond acceptors (Lipinski definition) is 3. The van der Waals surface area contributed by atoms with Gasteiger partial charge in [0.1, 0.15) is 6.29 Å². The molecule has 0 aromatic rings. The molecule has 2 N–H and O–H groups in total. The maximum Gasteiger partial charge on any atom is 0.142 e. The van der Waals surface area contributed by atoms with Crippen molar-refractivity contribution in [1.29, 1.82) is 0 Å². The van der Waals surface area contributed by atoms with Gasteiger partial charge in [-0.25, -0.2) is 0 Å². The molecule has 2 fully saturated rings. The van der Waals surface area contributed by atoms with Gasteiger partial charge < -0.3 is 10.2 Å². The van der Waals surface area contributed by atoms with Crippen LogP contribution < -0.4 is 0 Å². The molecule has 0 aromatic heterocycles. The van der Waals surface area contributed by atoms with Crippen LogP contribution in [0.1, 0.15) is 73.1 Å². The molecular formula is C20H34O3. The van der Waals surface area contributed by atoms with Gasteiger partial charge in [-0.1, -0.05) is 26.3 Å². The fraction of sp³-hybridized carbons (Fsp3) is 0.850. The second-order valence-electron chi connectivity index (χ2n) is 8.81. The van der Waals surface area contributed by atoms with Crippen LogP contribution in [0.25, 0.3) is 0 Å². The fourth-order valence-corrected chi connectivity index (χ4v) is 5.42. The van der Waals surface area contributed by atoms with Crippen molar-refractivity contribution in [2.45, 2.75) is 84.8 Å². The summed E-state index contributed by atoms with van der Waals surface area (Å²) < 4.78 is 0. The summed E-state index contributed by atoms with van der Waals surface area (Å²) in [6.07, 6.45) is 7.59. The average Bonchev–Trinajstić information content (AvgIpc) is 2.48. The Hall–Kier alpha value is -0.670. The quantitative estimate of drug-likeness (QED) is 0.610. The number of fused-ring (bicyclic) bond motifs is 1. The van der Waals surface area contributed by atoms with Crippen LogP contribution in [0.2, 0.25) is 0 Å². The number of aliphatic hydroxyl groups is 2. The van der Waals surface area contributed by atoms with Crippen LogP contribution in [-0.2, 0) is 4.79 Å². The first-order chi connectivity index (χ1) is 10.6. The summed E-state index contributed by atoms with van der Waals surface area (Å²) in [5.41, 5.74) is -0.00258. The van der Waals surface area contributed by atoms with Crippen molar-refractivity contribution in [3.8, 4) is 0 Å². The predicted octanol–water partition coefficient (Wildman–Crippen LogP) is 3.88. The van der Waals surface area contributed by atoms with Gasteiger partial charge in [0.2, 0.25) is 0 Å². The molecular weight excluding hydrogens is 288 g/mol. The van der Waals surface area contributed by atoms with E-state index in [4.69, 9.17) is 0 Å². The van der Waals surface area contributed by atoms with E-state index in [-0.39, 0.29) is 10.8 Å². The molecule has 0 radical (unpaired) electrons. The largest absolute Gasteiger partial charge is 0.390 e. The van der Waals surface area contributed by atoms with Crippen LogP contribution in [0.4, 0.5) is 0 Å². The van der Waals surface area contributed by atoms with E-state index in [1.54, 1.807) is 6.08 Å². The molecule has 132 valence electrons. The highest BCUT2D eigenvalue weighted by atomic mass is 16.3. The minimum absolute atomic E-state index is 0.134. The lowest BCUT2D eigenvalue weighted by Gasteiger charge is -2.64. The molecule has 0 heterocycles. The number of hydrogen-bond donors (Lipinski definition) is 2. The molecule has 0 aliphatic heterocycles. The number of rotatable bonds is 4. The van der Waals surface area contributed by atoms with Gasteiger partial charge in [0.05, 0.1) is 11.7 Å². The van der Waals surface area contributed by atoms with Crippen molar-refractivity contribution in [3.63, 3.8) is 0 Å². The van der Waals surface area contributed by atoms with E-state index in [9.17, 15) is 15.0 Å². The zero-order chi connectivity index (χ0) is 17.5. The Morgan fingerprint density at radius 1 is 1.22 bits per heavy atom. The van der Waals surface area contributed by atoms with E-state index >= 15 is 0 Å². The SMILES string of the molecule is CC(=CC=O)CCC1(C)C(C)CCC2(C)C1CCC(O)C2(C)O. The van der Waals surface area contributed by atoms with Gasteiger partial charge in [0.25, 0.3) is 0 Å². The topological polar surface area (TPSA) is 57.5 Å². The van der Waals surface area contributed by atoms with Crippen molar-refractivity contribution in [2.75, 3.05) is 0 Å². The van der Waals surface area contributed by atoms with Gasteiger partial charge >= 0.3 is 0 Å². The molecule has 2 saturated carbocycles. The van der Waals surface area contributed by atoms with E-state index in [0.717, 1.165) is 44.0 Å². The first-order valence-corrected chi connectivity index (χ1v) is 9.11. The standard InChI is InChI=1S/C20H34O3/c1-14(10-13-21)8-11-18(3)15(2)9-12-19(4)16(18)6-7-17(22)20(19,5)23/h10,13,15-17,22-23H,6-9,11-12H2,1-5H3. The van der Waals surface area contributed by atoms with E-state index in [0.29, 0.717) is 18.3 Å². The Labute approximate surface area is 141 Å². The Morgan fingerprint density at radius 3 is 2.48 bits per heavy atom. The number of carbonyl (C=O) groups is 1. The molecule has 23 heavy (non-hydrogen) atoms. The molecule has 0 saturated heterocycles. The fourth-order valence-electron chi connectivity index (χ4n) is 5.42. The first-order valence-electron chi connectivity index (χ1n) is 9.11. The normalized spacial score (nSPS) is 48.0. The molecule has 6 unspecified atom stereocenters. The molecule has 0 bridgehead atoms. The summed E-state index contributed by atoms with van der Waals surface area (Å²) in [6.45, 7) is 10.7. The van der Waals surface area contributed by atoms with Crippen molar-refractivity contribution in [2.24, 2.45) is 22.7 Å². The first kappa shape index (κ1) is 18.7. The van der Waals surface area contributed by atoms with Gasteiger partial charge in [0, 0.05) is 5.41 Å². The summed E-state index contributed by atoms with van der Waals surface area (Å²) in [5, 5.41) is 21.4. The Balaban J connectivity index is 2.31. The minimum Gasteiger partial charge on any atom is -0.390 e. The van der Waals surface area contributed by atoms with Gasteiger partial charge in [-0.2, -0.15) is 0 Å². The van der Waals surface area contributed by atoms with E-state index in [1.165, 1.54) is 0 Å². The molecule has 0 spiro atoms. The smallest absolute Gasteiger partial charge is 0.142 e. The van der Waals surface area contributed by atoms with Crippen LogP contribution in [0, 0.1) is 22.7 Å². The Bertz CT molecular complexity index is 481. The second-order valence-corrected chi connectivity index (χ2v) is 8.81. The van der Waals surface area contributed by atoms with Crippen molar-refractivity contribution in [1.82, 2.24) is 0 Å². The van der Waals surface area contributed by atoms with E-state index in [2.05, 4.69) is 20.8 Å². The molecule has 3 heteroatoms. The highest BCUT2D eigenvalue weighted by molar-refractivity contribution is 5.65. The summed E-state index contributed by atoms with van der Waals surface area (Å²) in [6, 6.07) is 0. The zero-order valence-corrected chi connectivity index (χ0v) is 15.4. The van der Waals surface area contributed by atoms with Gasteiger partial charge in [-0.15, -0.1) is 0 Å². The maximum absolute atomic E-state index is 11.1. The average molecular weight is 322 g/mol. The van der Waals surface area contributed by atoms with Crippen LogP contribution in [0.5, 0.6) is 0 Å². The minimum atomic E-state index is -1.02. The van der Waals surface area contributed by atoms with Crippen molar-refractivity contribution >= 4 is 6.29 Å². The predicted molar refractivity (Wildman–Crippen MR) is 93.0 cm³/mol. The van der Waals surface area contributed by atoms with Crippen LogP contribution in [0.15, 0.2) is 11.6 Å². The number of aliphatic hydroxyl groups excluding tert-OH is 1. The molecule has 6 atom stereocenters. The van der Waals surface area contributed by atoms with E-state index < -0.39 is 11.7 Å². The van der Waals surface area contributed by atoms with Gasteiger partial charge in [-0.3, -0.25) is 4.79 Å². The zero-order valence-electron chi connectivity index (χ0n) is 15.4. The summed E-state index contributed by atoms with van der Waals surface area (Å²) in [7, 11) is 0. The molecule has 2 aliphatic rings. The third-order valence-corrected chi connectivity index (χ3v) is 7.73. The van der Waals surface area contributed by atoms with Crippen LogP contribution >= 0.6 is 0 Å². The number of allylic oxidation sites excluding steroid dienone is 2. The molecule has 2 aliphatic carbocycles. The monoisotopic (exact) mass is 322 g/mol. The third kappa shape index (κ3) is 2.91. The Kier molecular flexibility index (Phi) is 5.13. The van der Waals surface area contributed by atoms with Crippen molar-refractivity contribution in [3.05, 3.63) is 11.6 Å². The third-order valence-electron chi connectivity index (χ3n) is 7.73. The number of carbonyl (C=O) groups excluding carboxylic acids is 1. The second kappa shape index (κ2) is 6.33. The highest BCUT2D eigenvalue weighted by Gasteiger charge is 2.62. The lowest BCUT2D eigenvalue weighted by atomic mass is 9.43. The lowest BCUT2D eigenvalue weighted by molar-refractivity contribution is -0.235. The van der Waals surface area contributed by atoms with E-state index in [1.807, 2.05) is 13.8 Å². The highest BCUT2D eigenvalue weighted by Crippen LogP contribution is 2.64. The molecule has 2 rings (SSSR count). The lowest BCUT2D eigenvalue weighted by Crippen LogP contribution is -2.65. The van der Waals surface area contributed by atoms with Gasteiger partial charge in [-0.05, 0) is 75.7 Å². The van der Waals surface area contributed by atoms with Crippen molar-refractivity contribution < 1.29 is 15.0 Å². The summed E-state index contributed by atoms with van der Waals surface area (Å²) in [4.78, 5) is 10.7. The van der Waals surface area contributed by atoms with Gasteiger partial charge in [0.15, 0.2) is 0 Å². The maximum atomic E-state index is 11.1. The molecule has 0 amide bonds. The summed E-state index contributed by atoms with van der Waals surface area (Å²) in [5.74, 6) is 0.997. The number of aldehydes is 1. The van der Waals surface area contributed by atoms with Crippen LogP contribution in [-0.4, -0.2) is 28.2 Å². The molecule has 0 aromatic carbocycles.